The quantitative estimate of drug-likeness (QED) is 0.843. The molecule has 0 fully saturated rings. The molecule has 0 saturated carbocycles. The van der Waals surface area contributed by atoms with E-state index in [4.69, 9.17) is 22.1 Å². The van der Waals surface area contributed by atoms with Crippen LogP contribution in [0.1, 0.15) is 12.6 Å². The molecular weight excluding hydrogens is 326 g/mol. The number of anilines is 1. The summed E-state index contributed by atoms with van der Waals surface area (Å²) in [5, 5.41) is 5.22. The number of halogens is 1. The van der Waals surface area contributed by atoms with Gasteiger partial charge >= 0.3 is 0 Å². The average Bonchev–Trinajstić information content (AvgIpc) is 2.85. The van der Waals surface area contributed by atoms with Crippen LogP contribution in [0.25, 0.3) is 0 Å². The SMILES string of the molecule is CC(Oc1cccc(Cl)c1)C(=O)Nc1nc(CC(N)=O)cs1. The molecule has 1 unspecified atom stereocenters. The Morgan fingerprint density at radius 2 is 2.27 bits per heavy atom. The molecule has 0 saturated heterocycles. The molecule has 0 radical (unpaired) electrons. The van der Waals surface area contributed by atoms with Gasteiger partial charge in [0.05, 0.1) is 12.1 Å². The minimum absolute atomic E-state index is 0.0426. The van der Waals surface area contributed by atoms with Crippen molar-refractivity contribution in [3.8, 4) is 5.75 Å². The summed E-state index contributed by atoms with van der Waals surface area (Å²) in [7, 11) is 0. The van der Waals surface area contributed by atoms with Gasteiger partial charge in [-0.15, -0.1) is 11.3 Å². The zero-order valence-corrected chi connectivity index (χ0v) is 13.3. The first-order chi connectivity index (χ1) is 10.4. The van der Waals surface area contributed by atoms with E-state index in [1.165, 1.54) is 11.3 Å². The first-order valence-corrected chi connectivity index (χ1v) is 7.65. The lowest BCUT2D eigenvalue weighted by molar-refractivity contribution is -0.122. The summed E-state index contributed by atoms with van der Waals surface area (Å²) in [6.07, 6.45) is -0.678. The molecule has 6 nitrogen and oxygen atoms in total. The number of carbonyl (C=O) groups is 2. The van der Waals surface area contributed by atoms with Crippen LogP contribution in [0.3, 0.4) is 0 Å². The normalized spacial score (nSPS) is 11.7. The summed E-state index contributed by atoms with van der Waals surface area (Å²) < 4.78 is 5.51. The van der Waals surface area contributed by atoms with Crippen LogP contribution >= 0.6 is 22.9 Å². The van der Waals surface area contributed by atoms with E-state index in [0.717, 1.165) is 0 Å². The molecule has 0 aliphatic rings. The molecule has 2 rings (SSSR count). The van der Waals surface area contributed by atoms with Gasteiger partial charge in [0.1, 0.15) is 5.75 Å². The maximum Gasteiger partial charge on any atom is 0.266 e. The lowest BCUT2D eigenvalue weighted by atomic mass is 10.3. The minimum Gasteiger partial charge on any atom is -0.481 e. The second-order valence-corrected chi connectivity index (χ2v) is 5.79. The zero-order chi connectivity index (χ0) is 16.1. The second kappa shape index (κ2) is 7.24. The Balaban J connectivity index is 1.93. The molecule has 2 amide bonds. The van der Waals surface area contributed by atoms with Gasteiger partial charge in [-0.2, -0.15) is 0 Å². The predicted octanol–water partition coefficient (Wildman–Crippen LogP) is 2.23. The molecule has 1 atom stereocenters. The summed E-state index contributed by atoms with van der Waals surface area (Å²) in [4.78, 5) is 26.9. The van der Waals surface area contributed by atoms with Crippen LogP contribution in [0.4, 0.5) is 5.13 Å². The predicted molar refractivity (Wildman–Crippen MR) is 85.2 cm³/mol. The molecule has 2 aromatic rings. The number of thiazole rings is 1. The van der Waals surface area contributed by atoms with Gasteiger partial charge in [0.2, 0.25) is 5.91 Å². The van der Waals surface area contributed by atoms with Crippen molar-refractivity contribution in [2.75, 3.05) is 5.32 Å². The topological polar surface area (TPSA) is 94.3 Å². The van der Waals surface area contributed by atoms with Crippen molar-refractivity contribution in [1.82, 2.24) is 4.98 Å². The molecule has 3 N–H and O–H groups in total. The van der Waals surface area contributed by atoms with Gasteiger partial charge < -0.3 is 10.5 Å². The van der Waals surface area contributed by atoms with Crippen LogP contribution in [0.2, 0.25) is 5.02 Å². The third kappa shape index (κ3) is 4.71. The zero-order valence-electron chi connectivity index (χ0n) is 11.7. The number of ether oxygens (including phenoxy) is 1. The lowest BCUT2D eigenvalue weighted by Crippen LogP contribution is -2.30. The fourth-order valence-electron chi connectivity index (χ4n) is 1.63. The first-order valence-electron chi connectivity index (χ1n) is 6.40. The van der Waals surface area contributed by atoms with Gasteiger partial charge in [-0.05, 0) is 25.1 Å². The van der Waals surface area contributed by atoms with Gasteiger partial charge in [-0.3, -0.25) is 14.9 Å². The van der Waals surface area contributed by atoms with Crippen LogP contribution in [0, 0.1) is 0 Å². The highest BCUT2D eigenvalue weighted by Gasteiger charge is 2.16. The molecule has 0 aliphatic carbocycles. The molecule has 8 heteroatoms. The molecule has 1 heterocycles. The van der Waals surface area contributed by atoms with Crippen molar-refractivity contribution in [2.45, 2.75) is 19.4 Å². The maximum atomic E-state index is 12.0. The number of nitrogens with two attached hydrogens (primary N) is 1. The number of nitrogens with zero attached hydrogens (tertiary/aromatic N) is 1. The summed E-state index contributed by atoms with van der Waals surface area (Å²) in [6.45, 7) is 1.62. The number of rotatable bonds is 6. The van der Waals surface area contributed by atoms with Crippen LogP contribution in [0.5, 0.6) is 5.75 Å². The molecular formula is C14H14ClN3O3S. The Hall–Kier alpha value is -2.12. The van der Waals surface area contributed by atoms with Gasteiger partial charge in [0.25, 0.3) is 5.91 Å². The number of primary amides is 1. The Kier molecular flexibility index (Phi) is 5.35. The van der Waals surface area contributed by atoms with E-state index < -0.39 is 12.0 Å². The number of carbonyl (C=O) groups excluding carboxylic acids is 2. The number of amides is 2. The van der Waals surface area contributed by atoms with Crippen LogP contribution < -0.4 is 15.8 Å². The summed E-state index contributed by atoms with van der Waals surface area (Å²) in [5.74, 6) is -0.315. The van der Waals surface area contributed by atoms with Crippen molar-refractivity contribution in [3.05, 3.63) is 40.4 Å². The number of hydrogen-bond donors (Lipinski definition) is 2. The highest BCUT2D eigenvalue weighted by Crippen LogP contribution is 2.20. The third-order valence-electron chi connectivity index (χ3n) is 2.62. The van der Waals surface area contributed by atoms with E-state index in [-0.39, 0.29) is 12.3 Å². The van der Waals surface area contributed by atoms with Gasteiger partial charge in [-0.25, -0.2) is 4.98 Å². The lowest BCUT2D eigenvalue weighted by Gasteiger charge is -2.13. The minimum atomic E-state index is -0.720. The highest BCUT2D eigenvalue weighted by molar-refractivity contribution is 7.13. The molecule has 116 valence electrons. The van der Waals surface area contributed by atoms with Crippen molar-refractivity contribution in [2.24, 2.45) is 5.73 Å². The number of benzene rings is 1. The Bertz CT molecular complexity index is 689. The fraction of sp³-hybridized carbons (Fsp3) is 0.214. The van der Waals surface area contributed by atoms with E-state index in [0.29, 0.717) is 21.6 Å². The Morgan fingerprint density at radius 1 is 1.50 bits per heavy atom. The van der Waals surface area contributed by atoms with Gasteiger partial charge in [0, 0.05) is 10.4 Å². The number of nitrogens with one attached hydrogen (secondary N) is 1. The van der Waals surface area contributed by atoms with Crippen molar-refractivity contribution in [3.63, 3.8) is 0 Å². The van der Waals surface area contributed by atoms with E-state index >= 15 is 0 Å². The van der Waals surface area contributed by atoms with Crippen LogP contribution in [0.15, 0.2) is 29.6 Å². The highest BCUT2D eigenvalue weighted by atomic mass is 35.5. The summed E-state index contributed by atoms with van der Waals surface area (Å²) >= 11 is 7.07. The first kappa shape index (κ1) is 16.3. The van der Waals surface area contributed by atoms with E-state index in [9.17, 15) is 9.59 Å². The molecule has 1 aromatic heterocycles. The maximum absolute atomic E-state index is 12.0. The van der Waals surface area contributed by atoms with E-state index in [1.807, 2.05) is 0 Å². The summed E-state index contributed by atoms with van der Waals surface area (Å²) in [6, 6.07) is 6.79. The fourth-order valence-corrected chi connectivity index (χ4v) is 2.52. The molecule has 0 bridgehead atoms. The van der Waals surface area contributed by atoms with Gasteiger partial charge in [0.15, 0.2) is 11.2 Å². The van der Waals surface area contributed by atoms with Crippen molar-refractivity contribution >= 4 is 39.9 Å². The number of aromatic nitrogens is 1. The Labute approximate surface area is 136 Å². The van der Waals surface area contributed by atoms with Crippen molar-refractivity contribution in [1.29, 1.82) is 0 Å². The average molecular weight is 340 g/mol. The molecule has 22 heavy (non-hydrogen) atoms. The van der Waals surface area contributed by atoms with E-state index in [1.54, 1.807) is 36.6 Å². The summed E-state index contributed by atoms with van der Waals surface area (Å²) in [5.41, 5.74) is 5.61. The second-order valence-electron chi connectivity index (χ2n) is 4.49. The molecule has 1 aromatic carbocycles. The van der Waals surface area contributed by atoms with Gasteiger partial charge in [-0.1, -0.05) is 17.7 Å². The third-order valence-corrected chi connectivity index (χ3v) is 3.66. The van der Waals surface area contributed by atoms with Crippen molar-refractivity contribution < 1.29 is 14.3 Å². The molecule has 0 spiro atoms. The van der Waals surface area contributed by atoms with Crippen LogP contribution in [-0.2, 0) is 16.0 Å². The smallest absolute Gasteiger partial charge is 0.266 e. The van der Waals surface area contributed by atoms with Crippen LogP contribution in [-0.4, -0.2) is 22.9 Å². The largest absolute Gasteiger partial charge is 0.481 e. The Morgan fingerprint density at radius 3 is 2.95 bits per heavy atom. The number of hydrogen-bond acceptors (Lipinski definition) is 5. The monoisotopic (exact) mass is 339 g/mol. The van der Waals surface area contributed by atoms with E-state index in [2.05, 4.69) is 10.3 Å². The molecule has 0 aliphatic heterocycles. The standard InChI is InChI=1S/C14H14ClN3O3S/c1-8(21-11-4-2-3-9(15)5-11)13(20)18-14-17-10(7-22-14)6-12(16)19/h2-5,7-8H,6H2,1H3,(H2,16,19)(H,17,18,20).